The summed E-state index contributed by atoms with van der Waals surface area (Å²) in [5, 5.41) is 0. The molecular weight excluding hydrogens is 454 g/mol. The number of esters is 1. The maximum absolute atomic E-state index is 13.7. The molecule has 0 N–H and O–H groups in total. The van der Waals surface area contributed by atoms with Crippen LogP contribution < -0.4 is 9.47 Å². The summed E-state index contributed by atoms with van der Waals surface area (Å²) in [4.78, 5) is 15.4. The summed E-state index contributed by atoms with van der Waals surface area (Å²) in [7, 11) is -3.95. The van der Waals surface area contributed by atoms with Crippen molar-refractivity contribution in [2.45, 2.75) is 68.2 Å². The van der Waals surface area contributed by atoms with E-state index in [4.69, 9.17) is 14.2 Å². The zero-order chi connectivity index (χ0) is 24.3. The zero-order valence-electron chi connectivity index (χ0n) is 20.0. The number of carbonyl (C=O) groups is 1. The van der Waals surface area contributed by atoms with Crippen LogP contribution in [0.4, 0.5) is 0 Å². The lowest BCUT2D eigenvalue weighted by atomic mass is 9.95. The van der Waals surface area contributed by atoms with E-state index in [9.17, 15) is 13.2 Å². The highest BCUT2D eigenvalue weighted by molar-refractivity contribution is 7.93. The van der Waals surface area contributed by atoms with Gasteiger partial charge in [-0.3, -0.25) is 4.79 Å². The van der Waals surface area contributed by atoms with Crippen molar-refractivity contribution in [1.29, 1.82) is 0 Å². The minimum atomic E-state index is -3.95. The third kappa shape index (κ3) is 5.08. The molecule has 0 spiro atoms. The number of likely N-dealkylation sites (tertiary alicyclic amines) is 1. The van der Waals surface area contributed by atoms with Crippen molar-refractivity contribution in [2.24, 2.45) is 0 Å². The molecule has 184 valence electrons. The lowest BCUT2D eigenvalue weighted by Crippen LogP contribution is -2.55. The molecule has 1 aliphatic carbocycles. The van der Waals surface area contributed by atoms with Crippen LogP contribution in [-0.4, -0.2) is 55.9 Å². The van der Waals surface area contributed by atoms with Gasteiger partial charge in [-0.15, -0.1) is 0 Å². The second-order valence-electron chi connectivity index (χ2n) is 9.20. The van der Waals surface area contributed by atoms with Gasteiger partial charge in [-0.05, 0) is 95.0 Å². The third-order valence-corrected chi connectivity index (χ3v) is 8.89. The van der Waals surface area contributed by atoms with Crippen molar-refractivity contribution in [2.75, 3.05) is 19.7 Å². The van der Waals surface area contributed by atoms with Crippen molar-refractivity contribution in [3.63, 3.8) is 0 Å². The first-order chi connectivity index (χ1) is 16.2. The zero-order valence-corrected chi connectivity index (χ0v) is 20.8. The summed E-state index contributed by atoms with van der Waals surface area (Å²) < 4.78 is 42.7. The Morgan fingerprint density at radius 2 is 1.50 bits per heavy atom. The molecule has 8 heteroatoms. The Labute approximate surface area is 201 Å². The van der Waals surface area contributed by atoms with Crippen LogP contribution in [0.1, 0.15) is 46.5 Å². The summed E-state index contributed by atoms with van der Waals surface area (Å²) in [6.07, 6.45) is 2.86. The molecule has 0 bridgehead atoms. The van der Waals surface area contributed by atoms with Gasteiger partial charge in [0.2, 0.25) is 0 Å². The fraction of sp³-hybridized carbons (Fsp3) is 0.500. The Balaban J connectivity index is 1.51. The van der Waals surface area contributed by atoms with E-state index in [1.807, 2.05) is 26.0 Å². The predicted molar refractivity (Wildman–Crippen MR) is 129 cm³/mol. The second-order valence-corrected chi connectivity index (χ2v) is 11.5. The number of benzene rings is 2. The van der Waals surface area contributed by atoms with Crippen molar-refractivity contribution in [3.05, 3.63) is 48.5 Å². The van der Waals surface area contributed by atoms with E-state index >= 15 is 0 Å². The van der Waals surface area contributed by atoms with Crippen LogP contribution in [0.5, 0.6) is 17.2 Å². The largest absolute Gasteiger partial charge is 0.491 e. The van der Waals surface area contributed by atoms with Crippen LogP contribution in [0.2, 0.25) is 0 Å². The molecule has 0 radical (unpaired) electrons. The van der Waals surface area contributed by atoms with Crippen LogP contribution in [-0.2, 0) is 19.4 Å². The molecule has 2 fully saturated rings. The Hall–Kier alpha value is -2.58. The van der Waals surface area contributed by atoms with Gasteiger partial charge in [0.05, 0.1) is 17.6 Å². The number of ether oxygens (including phenoxy) is 3. The SMILES string of the molecule is CCOC(=O)C1(S(=O)(=O)c2ccc(Oc3ccc(OC(C)C)cc3)cc2)CCN(C2CC2)CC1. The molecule has 0 atom stereocenters. The van der Waals surface area contributed by atoms with E-state index in [2.05, 4.69) is 4.90 Å². The number of carbonyl (C=O) groups excluding carboxylic acids is 1. The van der Waals surface area contributed by atoms with Gasteiger partial charge < -0.3 is 19.1 Å². The number of piperidine rings is 1. The number of sulfone groups is 1. The number of hydrogen-bond acceptors (Lipinski definition) is 7. The van der Waals surface area contributed by atoms with Crippen LogP contribution in [0.25, 0.3) is 0 Å². The van der Waals surface area contributed by atoms with Crippen molar-refractivity contribution < 1.29 is 27.4 Å². The highest BCUT2D eigenvalue weighted by Crippen LogP contribution is 2.40. The van der Waals surface area contributed by atoms with E-state index in [1.54, 1.807) is 31.2 Å². The molecular formula is C26H33NO6S. The van der Waals surface area contributed by atoms with E-state index in [0.29, 0.717) is 30.6 Å². The molecule has 1 heterocycles. The fourth-order valence-corrected chi connectivity index (χ4v) is 6.39. The maximum atomic E-state index is 13.7. The second kappa shape index (κ2) is 9.96. The van der Waals surface area contributed by atoms with Gasteiger partial charge in [-0.25, -0.2) is 8.42 Å². The summed E-state index contributed by atoms with van der Waals surface area (Å²) in [5.41, 5.74) is 0. The molecule has 1 saturated heterocycles. The van der Waals surface area contributed by atoms with Gasteiger partial charge in [0.1, 0.15) is 17.2 Å². The van der Waals surface area contributed by atoms with Gasteiger partial charge in [0, 0.05) is 19.1 Å². The van der Waals surface area contributed by atoms with Crippen molar-refractivity contribution >= 4 is 15.8 Å². The molecule has 4 rings (SSSR count). The summed E-state index contributed by atoms with van der Waals surface area (Å²) >= 11 is 0. The minimum Gasteiger partial charge on any atom is -0.491 e. The van der Waals surface area contributed by atoms with E-state index < -0.39 is 20.6 Å². The van der Waals surface area contributed by atoms with Crippen LogP contribution in [0, 0.1) is 0 Å². The predicted octanol–water partition coefficient (Wildman–Crippen LogP) is 4.60. The Bertz CT molecular complexity index is 1080. The average Bonchev–Trinajstić information content (AvgIpc) is 3.66. The molecule has 0 amide bonds. The molecule has 1 aliphatic heterocycles. The minimum absolute atomic E-state index is 0.0834. The molecule has 1 saturated carbocycles. The topological polar surface area (TPSA) is 82.1 Å². The molecule has 0 unspecified atom stereocenters. The molecule has 2 aromatic carbocycles. The van der Waals surface area contributed by atoms with Gasteiger partial charge in [-0.2, -0.15) is 0 Å². The molecule has 7 nitrogen and oxygen atoms in total. The highest BCUT2D eigenvalue weighted by Gasteiger charge is 2.55. The Morgan fingerprint density at radius 1 is 0.971 bits per heavy atom. The monoisotopic (exact) mass is 487 g/mol. The standard InChI is InChI=1S/C26H33NO6S/c1-4-31-25(28)26(15-17-27(18-16-26)20-5-6-20)34(29,30)24-13-11-23(12-14-24)33-22-9-7-21(8-10-22)32-19(2)3/h7-14,19-20H,4-6,15-18H2,1-3H3. The lowest BCUT2D eigenvalue weighted by Gasteiger charge is -2.39. The maximum Gasteiger partial charge on any atom is 0.327 e. The van der Waals surface area contributed by atoms with Crippen LogP contribution >= 0.6 is 0 Å². The van der Waals surface area contributed by atoms with Crippen molar-refractivity contribution in [1.82, 2.24) is 4.90 Å². The molecule has 2 aromatic rings. The first-order valence-corrected chi connectivity index (χ1v) is 13.4. The number of rotatable bonds is 9. The van der Waals surface area contributed by atoms with E-state index in [-0.39, 0.29) is 30.4 Å². The quantitative estimate of drug-likeness (QED) is 0.478. The van der Waals surface area contributed by atoms with Gasteiger partial charge >= 0.3 is 5.97 Å². The van der Waals surface area contributed by atoms with Gasteiger partial charge in [0.25, 0.3) is 0 Å². The highest BCUT2D eigenvalue weighted by atomic mass is 32.2. The van der Waals surface area contributed by atoms with Gasteiger partial charge in [0.15, 0.2) is 14.6 Å². The summed E-state index contributed by atoms with van der Waals surface area (Å²) in [6, 6.07) is 14.0. The van der Waals surface area contributed by atoms with Crippen molar-refractivity contribution in [3.8, 4) is 17.2 Å². The molecule has 34 heavy (non-hydrogen) atoms. The van der Waals surface area contributed by atoms with Crippen LogP contribution in [0.3, 0.4) is 0 Å². The Kier molecular flexibility index (Phi) is 7.19. The first kappa shape index (κ1) is 24.5. The first-order valence-electron chi connectivity index (χ1n) is 12.0. The average molecular weight is 488 g/mol. The fourth-order valence-electron chi connectivity index (χ4n) is 4.44. The normalized spacial score (nSPS) is 18.5. The van der Waals surface area contributed by atoms with Gasteiger partial charge in [-0.1, -0.05) is 0 Å². The number of nitrogens with zero attached hydrogens (tertiary/aromatic N) is 1. The Morgan fingerprint density at radius 3 is 2.00 bits per heavy atom. The lowest BCUT2D eigenvalue weighted by molar-refractivity contribution is -0.147. The number of hydrogen-bond donors (Lipinski definition) is 0. The summed E-state index contributed by atoms with van der Waals surface area (Å²) in [5.74, 6) is 1.22. The summed E-state index contributed by atoms with van der Waals surface area (Å²) in [6.45, 7) is 6.94. The van der Waals surface area contributed by atoms with Crippen LogP contribution in [0.15, 0.2) is 53.4 Å². The van der Waals surface area contributed by atoms with E-state index in [1.165, 1.54) is 12.1 Å². The molecule has 2 aliphatic rings. The van der Waals surface area contributed by atoms with E-state index in [0.717, 1.165) is 18.6 Å². The third-order valence-electron chi connectivity index (χ3n) is 6.40. The molecule has 0 aromatic heterocycles. The smallest absolute Gasteiger partial charge is 0.327 e.